The van der Waals surface area contributed by atoms with Crippen molar-refractivity contribution in [2.45, 2.75) is 26.4 Å². The number of hydrogen-bond acceptors (Lipinski definition) is 4. The number of morpholine rings is 1. The molecule has 1 aliphatic rings. The number of rotatable bonds is 3. The molecular weight excluding hydrogens is 206 g/mol. The quantitative estimate of drug-likeness (QED) is 0.522. The summed E-state index contributed by atoms with van der Waals surface area (Å²) in [5.74, 6) is 5.87. The minimum absolute atomic E-state index is 0.116. The topological polar surface area (TPSA) is 38.8 Å². The Morgan fingerprint density at radius 2 is 2.12 bits per heavy atom. The van der Waals surface area contributed by atoms with Crippen LogP contribution in [0.4, 0.5) is 0 Å². The van der Waals surface area contributed by atoms with Gasteiger partial charge in [-0.1, -0.05) is 11.8 Å². The van der Waals surface area contributed by atoms with E-state index in [1.54, 1.807) is 0 Å². The van der Waals surface area contributed by atoms with Crippen LogP contribution < -0.4 is 0 Å². The zero-order valence-electron chi connectivity index (χ0n) is 9.99. The molecule has 0 N–H and O–H groups in total. The lowest BCUT2D eigenvalue weighted by Crippen LogP contribution is -2.36. The van der Waals surface area contributed by atoms with Crippen LogP contribution in [0.15, 0.2) is 0 Å². The maximum atomic E-state index is 10.6. The molecule has 0 radical (unpaired) electrons. The van der Waals surface area contributed by atoms with Crippen LogP contribution >= 0.6 is 0 Å². The highest BCUT2D eigenvalue weighted by Crippen LogP contribution is 1.97. The standard InChI is InChI=1S/C12H19NO3/c1-11(16-12(2)14)5-3-4-6-13-7-9-15-10-8-13/h11H,5-10H2,1-2H3. The summed E-state index contributed by atoms with van der Waals surface area (Å²) in [4.78, 5) is 12.9. The van der Waals surface area contributed by atoms with Gasteiger partial charge < -0.3 is 9.47 Å². The van der Waals surface area contributed by atoms with Gasteiger partial charge >= 0.3 is 5.97 Å². The molecule has 1 saturated heterocycles. The van der Waals surface area contributed by atoms with Gasteiger partial charge in [0.05, 0.1) is 19.8 Å². The Morgan fingerprint density at radius 3 is 2.75 bits per heavy atom. The highest BCUT2D eigenvalue weighted by Gasteiger charge is 2.07. The van der Waals surface area contributed by atoms with Crippen molar-refractivity contribution in [1.29, 1.82) is 0 Å². The first-order valence-corrected chi connectivity index (χ1v) is 5.61. The molecule has 90 valence electrons. The predicted octanol–water partition coefficient (Wildman–Crippen LogP) is 0.664. The van der Waals surface area contributed by atoms with E-state index in [1.165, 1.54) is 6.92 Å². The van der Waals surface area contributed by atoms with Gasteiger partial charge in [0.2, 0.25) is 0 Å². The SMILES string of the molecule is CC(=O)OC(C)CC#CCN1CCOCC1. The minimum Gasteiger partial charge on any atom is -0.462 e. The molecule has 0 aliphatic carbocycles. The van der Waals surface area contributed by atoms with Crippen LogP contribution in [0.25, 0.3) is 0 Å². The van der Waals surface area contributed by atoms with E-state index >= 15 is 0 Å². The Hall–Kier alpha value is -1.05. The number of carbonyl (C=O) groups is 1. The van der Waals surface area contributed by atoms with E-state index in [9.17, 15) is 4.79 Å². The highest BCUT2D eigenvalue weighted by molar-refractivity contribution is 5.66. The normalized spacial score (nSPS) is 18.4. The van der Waals surface area contributed by atoms with Gasteiger partial charge in [0.15, 0.2) is 0 Å². The summed E-state index contributed by atoms with van der Waals surface area (Å²) in [6, 6.07) is 0. The summed E-state index contributed by atoms with van der Waals surface area (Å²) < 4.78 is 10.2. The van der Waals surface area contributed by atoms with Gasteiger partial charge in [-0.3, -0.25) is 9.69 Å². The maximum absolute atomic E-state index is 10.6. The molecule has 1 unspecified atom stereocenters. The second-order valence-electron chi connectivity index (χ2n) is 3.87. The number of nitrogens with zero attached hydrogens (tertiary/aromatic N) is 1. The van der Waals surface area contributed by atoms with Crippen molar-refractivity contribution in [3.63, 3.8) is 0 Å². The third kappa shape index (κ3) is 5.74. The predicted molar refractivity (Wildman–Crippen MR) is 60.9 cm³/mol. The van der Waals surface area contributed by atoms with Crippen LogP contribution in [-0.2, 0) is 14.3 Å². The molecule has 0 aromatic heterocycles. The lowest BCUT2D eigenvalue weighted by Gasteiger charge is -2.24. The Balaban J connectivity index is 2.14. The van der Waals surface area contributed by atoms with Crippen molar-refractivity contribution in [2.24, 2.45) is 0 Å². The average molecular weight is 225 g/mol. The van der Waals surface area contributed by atoms with Gasteiger partial charge in [-0.25, -0.2) is 0 Å². The van der Waals surface area contributed by atoms with Crippen molar-refractivity contribution in [2.75, 3.05) is 32.8 Å². The van der Waals surface area contributed by atoms with E-state index in [0.29, 0.717) is 6.42 Å². The Bertz CT molecular complexity index is 274. The van der Waals surface area contributed by atoms with Crippen molar-refractivity contribution in [3.05, 3.63) is 0 Å². The van der Waals surface area contributed by atoms with Gasteiger partial charge in [-0.05, 0) is 6.92 Å². The van der Waals surface area contributed by atoms with Gasteiger partial charge in [0.25, 0.3) is 0 Å². The van der Waals surface area contributed by atoms with Crippen LogP contribution in [0.3, 0.4) is 0 Å². The first kappa shape index (κ1) is 13.0. The maximum Gasteiger partial charge on any atom is 0.302 e. The highest BCUT2D eigenvalue weighted by atomic mass is 16.5. The van der Waals surface area contributed by atoms with Crippen LogP contribution in [0, 0.1) is 11.8 Å². The number of esters is 1. The van der Waals surface area contributed by atoms with E-state index in [-0.39, 0.29) is 12.1 Å². The fraction of sp³-hybridized carbons (Fsp3) is 0.750. The molecule has 1 heterocycles. The fourth-order valence-corrected chi connectivity index (χ4v) is 1.47. The number of carbonyl (C=O) groups excluding carboxylic acids is 1. The molecule has 0 aromatic rings. The molecule has 0 saturated carbocycles. The zero-order valence-corrected chi connectivity index (χ0v) is 9.99. The molecule has 1 fully saturated rings. The van der Waals surface area contributed by atoms with Crippen molar-refractivity contribution < 1.29 is 14.3 Å². The average Bonchev–Trinajstić information content (AvgIpc) is 2.25. The molecule has 0 spiro atoms. The Labute approximate surface area is 96.9 Å². The van der Waals surface area contributed by atoms with Crippen LogP contribution in [0.5, 0.6) is 0 Å². The molecule has 4 nitrogen and oxygen atoms in total. The summed E-state index contributed by atoms with van der Waals surface area (Å²) >= 11 is 0. The lowest BCUT2D eigenvalue weighted by atomic mass is 10.3. The number of hydrogen-bond donors (Lipinski definition) is 0. The molecule has 0 aromatic carbocycles. The smallest absolute Gasteiger partial charge is 0.302 e. The van der Waals surface area contributed by atoms with Gasteiger partial charge in [-0.2, -0.15) is 0 Å². The number of ether oxygens (including phenoxy) is 2. The summed E-state index contributed by atoms with van der Waals surface area (Å²) in [6.45, 7) is 7.54. The summed E-state index contributed by atoms with van der Waals surface area (Å²) in [7, 11) is 0. The minimum atomic E-state index is -0.248. The molecule has 0 amide bonds. The van der Waals surface area contributed by atoms with Crippen molar-refractivity contribution >= 4 is 5.97 Å². The third-order valence-corrected chi connectivity index (χ3v) is 2.29. The molecule has 4 heteroatoms. The molecule has 1 rings (SSSR count). The molecule has 0 bridgehead atoms. The van der Waals surface area contributed by atoms with E-state index in [0.717, 1.165) is 32.8 Å². The van der Waals surface area contributed by atoms with Crippen molar-refractivity contribution in [1.82, 2.24) is 4.90 Å². The first-order valence-electron chi connectivity index (χ1n) is 5.61. The summed E-state index contributed by atoms with van der Waals surface area (Å²) in [6.07, 6.45) is 0.485. The van der Waals surface area contributed by atoms with Gasteiger partial charge in [0, 0.05) is 26.4 Å². The first-order chi connectivity index (χ1) is 7.68. The van der Waals surface area contributed by atoms with Crippen LogP contribution in [0.2, 0.25) is 0 Å². The van der Waals surface area contributed by atoms with Gasteiger partial charge in [-0.15, -0.1) is 0 Å². The molecule has 1 atom stereocenters. The monoisotopic (exact) mass is 225 g/mol. The van der Waals surface area contributed by atoms with Crippen molar-refractivity contribution in [3.8, 4) is 11.8 Å². The lowest BCUT2D eigenvalue weighted by molar-refractivity contribution is -0.145. The second-order valence-corrected chi connectivity index (χ2v) is 3.87. The van der Waals surface area contributed by atoms with E-state index < -0.39 is 0 Å². The molecule has 16 heavy (non-hydrogen) atoms. The fourth-order valence-electron chi connectivity index (χ4n) is 1.47. The molecule has 1 aliphatic heterocycles. The summed E-state index contributed by atoms with van der Waals surface area (Å²) in [5.41, 5.74) is 0. The van der Waals surface area contributed by atoms with E-state index in [4.69, 9.17) is 9.47 Å². The largest absolute Gasteiger partial charge is 0.462 e. The summed E-state index contributed by atoms with van der Waals surface area (Å²) in [5, 5.41) is 0. The van der Waals surface area contributed by atoms with Gasteiger partial charge in [0.1, 0.15) is 6.10 Å². The third-order valence-electron chi connectivity index (χ3n) is 2.29. The molecular formula is C12H19NO3. The van der Waals surface area contributed by atoms with Crippen LogP contribution in [-0.4, -0.2) is 49.8 Å². The van der Waals surface area contributed by atoms with E-state index in [2.05, 4.69) is 16.7 Å². The Morgan fingerprint density at radius 1 is 1.44 bits per heavy atom. The Kier molecular flexibility index (Phi) is 5.91. The van der Waals surface area contributed by atoms with Crippen LogP contribution in [0.1, 0.15) is 20.3 Å². The second kappa shape index (κ2) is 7.26. The zero-order chi connectivity index (χ0) is 11.8. The van der Waals surface area contributed by atoms with E-state index in [1.807, 2.05) is 6.92 Å².